The lowest BCUT2D eigenvalue weighted by molar-refractivity contribution is 0.898. The molecule has 0 spiro atoms. The molecule has 2 heterocycles. The lowest BCUT2D eigenvalue weighted by Gasteiger charge is -2.05. The van der Waals surface area contributed by atoms with Crippen molar-refractivity contribution in [2.45, 2.75) is 17.8 Å². The number of benzene rings is 1. The van der Waals surface area contributed by atoms with Gasteiger partial charge in [-0.3, -0.25) is 0 Å². The van der Waals surface area contributed by atoms with E-state index in [0.29, 0.717) is 0 Å². The Labute approximate surface area is 128 Å². The third kappa shape index (κ3) is 3.13. The maximum absolute atomic E-state index is 4.64. The SMILES string of the molecule is Cc1ncn(C)c1-c1ccnc(SCc2ccccc2)n1. The third-order valence-corrected chi connectivity index (χ3v) is 4.14. The smallest absolute Gasteiger partial charge is 0.188 e. The van der Waals surface area contributed by atoms with Crippen LogP contribution in [0.1, 0.15) is 11.3 Å². The van der Waals surface area contributed by atoms with Crippen molar-refractivity contribution in [1.29, 1.82) is 0 Å². The molecule has 4 nitrogen and oxygen atoms in total. The molecule has 0 saturated heterocycles. The number of nitrogens with zero attached hydrogens (tertiary/aromatic N) is 4. The van der Waals surface area contributed by atoms with E-state index in [1.165, 1.54) is 5.56 Å². The van der Waals surface area contributed by atoms with Crippen LogP contribution in [0.2, 0.25) is 0 Å². The van der Waals surface area contributed by atoms with Crippen molar-refractivity contribution < 1.29 is 0 Å². The Bertz CT molecular complexity index is 718. The summed E-state index contributed by atoms with van der Waals surface area (Å²) in [7, 11) is 1.98. The molecular formula is C16H16N4S. The summed E-state index contributed by atoms with van der Waals surface area (Å²) in [5, 5.41) is 0.789. The minimum absolute atomic E-state index is 0.789. The zero-order valence-corrected chi connectivity index (χ0v) is 12.8. The van der Waals surface area contributed by atoms with E-state index < -0.39 is 0 Å². The van der Waals surface area contributed by atoms with Crippen molar-refractivity contribution in [1.82, 2.24) is 19.5 Å². The van der Waals surface area contributed by atoms with Gasteiger partial charge in [0, 0.05) is 19.0 Å². The van der Waals surface area contributed by atoms with Crippen LogP contribution in [0.3, 0.4) is 0 Å². The molecule has 0 N–H and O–H groups in total. The van der Waals surface area contributed by atoms with Crippen LogP contribution in [0.4, 0.5) is 0 Å². The molecule has 21 heavy (non-hydrogen) atoms. The molecule has 3 rings (SSSR count). The Kier molecular flexibility index (Phi) is 4.01. The summed E-state index contributed by atoms with van der Waals surface area (Å²) in [5.74, 6) is 0.870. The Balaban J connectivity index is 1.81. The molecular weight excluding hydrogens is 280 g/mol. The molecule has 0 amide bonds. The quantitative estimate of drug-likeness (QED) is 0.546. The van der Waals surface area contributed by atoms with Gasteiger partial charge in [-0.15, -0.1) is 0 Å². The summed E-state index contributed by atoms with van der Waals surface area (Å²) in [4.78, 5) is 13.3. The van der Waals surface area contributed by atoms with Crippen molar-refractivity contribution in [3.05, 3.63) is 60.2 Å². The fraction of sp³-hybridized carbons (Fsp3) is 0.188. The largest absolute Gasteiger partial charge is 0.332 e. The molecule has 0 aliphatic carbocycles. The predicted molar refractivity (Wildman–Crippen MR) is 85.0 cm³/mol. The van der Waals surface area contributed by atoms with Gasteiger partial charge in [0.15, 0.2) is 5.16 Å². The fourth-order valence-electron chi connectivity index (χ4n) is 2.18. The molecule has 5 heteroatoms. The topological polar surface area (TPSA) is 43.6 Å². The summed E-state index contributed by atoms with van der Waals surface area (Å²) in [6.45, 7) is 1.99. The van der Waals surface area contributed by atoms with E-state index >= 15 is 0 Å². The van der Waals surface area contributed by atoms with Gasteiger partial charge in [-0.1, -0.05) is 42.1 Å². The first-order valence-corrected chi connectivity index (χ1v) is 7.70. The van der Waals surface area contributed by atoms with Gasteiger partial charge in [-0.2, -0.15) is 0 Å². The molecule has 0 unspecified atom stereocenters. The molecule has 1 aromatic carbocycles. The van der Waals surface area contributed by atoms with E-state index in [4.69, 9.17) is 0 Å². The standard InChI is InChI=1S/C16H16N4S/c1-12-15(20(2)11-18-12)14-8-9-17-16(19-14)21-10-13-6-4-3-5-7-13/h3-9,11H,10H2,1-2H3. The average Bonchev–Trinajstić information content (AvgIpc) is 2.85. The Morgan fingerprint density at radius 3 is 2.62 bits per heavy atom. The van der Waals surface area contributed by atoms with Crippen molar-refractivity contribution >= 4 is 11.8 Å². The van der Waals surface area contributed by atoms with Gasteiger partial charge in [-0.05, 0) is 18.6 Å². The number of hydrogen-bond acceptors (Lipinski definition) is 4. The summed E-state index contributed by atoms with van der Waals surface area (Å²) in [5.41, 5.74) is 4.21. The number of rotatable bonds is 4. The van der Waals surface area contributed by atoms with Crippen molar-refractivity contribution in [3.8, 4) is 11.4 Å². The van der Waals surface area contributed by atoms with Crippen LogP contribution in [-0.2, 0) is 12.8 Å². The molecule has 0 aliphatic heterocycles. The molecule has 0 atom stereocenters. The van der Waals surface area contributed by atoms with Crippen LogP contribution in [0.15, 0.2) is 54.1 Å². The predicted octanol–water partition coefficient (Wildman–Crippen LogP) is 3.48. The molecule has 0 saturated carbocycles. The number of aryl methyl sites for hydroxylation is 2. The third-order valence-electron chi connectivity index (χ3n) is 3.21. The zero-order valence-electron chi connectivity index (χ0n) is 12.0. The van der Waals surface area contributed by atoms with Crippen LogP contribution in [-0.4, -0.2) is 19.5 Å². The molecule has 0 bridgehead atoms. The van der Waals surface area contributed by atoms with Gasteiger partial charge in [-0.25, -0.2) is 15.0 Å². The van der Waals surface area contributed by atoms with Crippen LogP contribution in [0.5, 0.6) is 0 Å². The highest BCUT2D eigenvalue weighted by Crippen LogP contribution is 2.24. The summed E-state index contributed by atoms with van der Waals surface area (Å²) < 4.78 is 1.99. The van der Waals surface area contributed by atoms with E-state index in [0.717, 1.165) is 28.0 Å². The van der Waals surface area contributed by atoms with Gasteiger partial charge in [0.05, 0.1) is 23.4 Å². The molecule has 3 aromatic rings. The number of thioether (sulfide) groups is 1. The first-order chi connectivity index (χ1) is 10.2. The normalized spacial score (nSPS) is 10.8. The van der Waals surface area contributed by atoms with Gasteiger partial charge in [0.25, 0.3) is 0 Å². The van der Waals surface area contributed by atoms with Crippen molar-refractivity contribution in [2.24, 2.45) is 7.05 Å². The van der Waals surface area contributed by atoms with Gasteiger partial charge in [0.2, 0.25) is 0 Å². The molecule has 0 aliphatic rings. The van der Waals surface area contributed by atoms with E-state index in [2.05, 4.69) is 27.1 Å². The minimum Gasteiger partial charge on any atom is -0.332 e. The highest BCUT2D eigenvalue weighted by atomic mass is 32.2. The average molecular weight is 296 g/mol. The first-order valence-electron chi connectivity index (χ1n) is 6.72. The van der Waals surface area contributed by atoms with Crippen LogP contribution in [0.25, 0.3) is 11.4 Å². The van der Waals surface area contributed by atoms with E-state index in [9.17, 15) is 0 Å². The second kappa shape index (κ2) is 6.10. The lowest BCUT2D eigenvalue weighted by Crippen LogP contribution is -1.96. The first kappa shape index (κ1) is 13.8. The second-order valence-corrected chi connectivity index (χ2v) is 5.73. The minimum atomic E-state index is 0.789. The van der Waals surface area contributed by atoms with Gasteiger partial charge >= 0.3 is 0 Å². The van der Waals surface area contributed by atoms with E-state index in [1.807, 2.05) is 55.3 Å². The molecule has 2 aromatic heterocycles. The monoisotopic (exact) mass is 296 g/mol. The van der Waals surface area contributed by atoms with E-state index in [-0.39, 0.29) is 0 Å². The van der Waals surface area contributed by atoms with E-state index in [1.54, 1.807) is 11.8 Å². The van der Waals surface area contributed by atoms with Crippen LogP contribution >= 0.6 is 11.8 Å². The van der Waals surface area contributed by atoms with Gasteiger partial charge < -0.3 is 4.57 Å². The van der Waals surface area contributed by atoms with Gasteiger partial charge in [0.1, 0.15) is 0 Å². The zero-order chi connectivity index (χ0) is 14.7. The number of imidazole rings is 1. The van der Waals surface area contributed by atoms with Crippen molar-refractivity contribution in [3.63, 3.8) is 0 Å². The van der Waals surface area contributed by atoms with Crippen LogP contribution < -0.4 is 0 Å². The summed E-state index contributed by atoms with van der Waals surface area (Å²) in [6.07, 6.45) is 3.62. The maximum atomic E-state index is 4.64. The highest BCUT2D eigenvalue weighted by molar-refractivity contribution is 7.98. The van der Waals surface area contributed by atoms with Crippen molar-refractivity contribution in [2.75, 3.05) is 0 Å². The molecule has 0 radical (unpaired) electrons. The fourth-order valence-corrected chi connectivity index (χ4v) is 2.96. The maximum Gasteiger partial charge on any atom is 0.188 e. The Hall–Kier alpha value is -2.14. The Morgan fingerprint density at radius 1 is 1.10 bits per heavy atom. The summed E-state index contributed by atoms with van der Waals surface area (Å²) >= 11 is 1.64. The summed E-state index contributed by atoms with van der Waals surface area (Å²) in [6, 6.07) is 12.3. The van der Waals surface area contributed by atoms with Crippen LogP contribution in [0, 0.1) is 6.92 Å². The Morgan fingerprint density at radius 2 is 1.90 bits per heavy atom. The lowest BCUT2D eigenvalue weighted by atomic mass is 10.2. The molecule has 106 valence electrons. The molecule has 0 fully saturated rings. The number of hydrogen-bond donors (Lipinski definition) is 0. The number of aromatic nitrogens is 4. The second-order valence-electron chi connectivity index (χ2n) is 4.79. The highest BCUT2D eigenvalue weighted by Gasteiger charge is 2.10.